The van der Waals surface area contributed by atoms with Crippen molar-refractivity contribution in [1.82, 2.24) is 15.1 Å². The second-order valence-corrected chi connectivity index (χ2v) is 7.63. The number of hydrogen-bond acceptors (Lipinski definition) is 6. The van der Waals surface area contributed by atoms with Gasteiger partial charge in [-0.1, -0.05) is 11.5 Å². The Morgan fingerprint density at radius 3 is 2.48 bits per heavy atom. The first-order valence-corrected chi connectivity index (χ1v) is 10.6. The normalized spacial score (nSPS) is 14.4. The van der Waals surface area contributed by atoms with Crippen LogP contribution in [-0.2, 0) is 0 Å². The van der Waals surface area contributed by atoms with E-state index < -0.39 is 0 Å². The SMILES string of the molecule is O=C(Nc1ccc(-c2nnc(NCCCN3CCCCC3)o2)cc1)c1ccc(F)cc1. The Labute approximate surface area is 180 Å². The molecule has 7 nitrogen and oxygen atoms in total. The van der Waals surface area contributed by atoms with Crippen LogP contribution in [0.4, 0.5) is 16.1 Å². The molecule has 1 aliphatic rings. The summed E-state index contributed by atoms with van der Waals surface area (Å²) < 4.78 is 18.7. The predicted octanol–water partition coefficient (Wildman–Crippen LogP) is 4.42. The summed E-state index contributed by atoms with van der Waals surface area (Å²) in [4.78, 5) is 14.7. The Hall–Kier alpha value is -3.26. The van der Waals surface area contributed by atoms with E-state index in [1.165, 1.54) is 56.6 Å². The average Bonchev–Trinajstić information content (AvgIpc) is 3.27. The van der Waals surface area contributed by atoms with Crippen LogP contribution in [0.3, 0.4) is 0 Å². The van der Waals surface area contributed by atoms with Gasteiger partial charge in [0, 0.05) is 23.4 Å². The van der Waals surface area contributed by atoms with E-state index in [2.05, 4.69) is 25.7 Å². The third-order valence-electron chi connectivity index (χ3n) is 5.30. The lowest BCUT2D eigenvalue weighted by atomic mass is 10.1. The maximum Gasteiger partial charge on any atom is 0.315 e. The molecular weight excluding hydrogens is 397 g/mol. The highest BCUT2D eigenvalue weighted by Crippen LogP contribution is 2.22. The number of anilines is 2. The average molecular weight is 423 g/mol. The fraction of sp³-hybridized carbons (Fsp3) is 0.348. The van der Waals surface area contributed by atoms with Crippen molar-refractivity contribution < 1.29 is 13.6 Å². The highest BCUT2D eigenvalue weighted by atomic mass is 19.1. The van der Waals surface area contributed by atoms with Crippen LogP contribution in [0, 0.1) is 5.82 Å². The number of piperidine rings is 1. The van der Waals surface area contributed by atoms with Gasteiger partial charge >= 0.3 is 6.01 Å². The molecular formula is C23H26FN5O2. The van der Waals surface area contributed by atoms with E-state index in [1.54, 1.807) is 24.3 Å². The van der Waals surface area contributed by atoms with Crippen molar-refractivity contribution in [3.8, 4) is 11.5 Å². The maximum atomic E-state index is 13.0. The van der Waals surface area contributed by atoms with Gasteiger partial charge in [0.2, 0.25) is 5.89 Å². The van der Waals surface area contributed by atoms with Crippen LogP contribution in [-0.4, -0.2) is 47.2 Å². The van der Waals surface area contributed by atoms with E-state index >= 15 is 0 Å². The fourth-order valence-electron chi connectivity index (χ4n) is 3.59. The second kappa shape index (κ2) is 10.2. The van der Waals surface area contributed by atoms with Crippen LogP contribution in [0.2, 0.25) is 0 Å². The molecule has 0 atom stereocenters. The van der Waals surface area contributed by atoms with Crippen molar-refractivity contribution in [2.75, 3.05) is 36.8 Å². The number of halogens is 1. The number of carbonyl (C=O) groups is 1. The van der Waals surface area contributed by atoms with Crippen molar-refractivity contribution in [3.05, 3.63) is 59.9 Å². The molecule has 1 amide bonds. The highest BCUT2D eigenvalue weighted by molar-refractivity contribution is 6.04. The minimum Gasteiger partial charge on any atom is -0.403 e. The molecule has 0 aliphatic carbocycles. The van der Waals surface area contributed by atoms with E-state index in [0.717, 1.165) is 25.1 Å². The molecule has 0 saturated carbocycles. The first-order valence-electron chi connectivity index (χ1n) is 10.6. The van der Waals surface area contributed by atoms with Gasteiger partial charge in [-0.05, 0) is 87.4 Å². The van der Waals surface area contributed by atoms with E-state index in [1.807, 2.05) is 0 Å². The minimum atomic E-state index is -0.378. The van der Waals surface area contributed by atoms with Gasteiger partial charge in [-0.25, -0.2) is 4.39 Å². The molecule has 1 aliphatic heterocycles. The van der Waals surface area contributed by atoms with Gasteiger partial charge in [-0.3, -0.25) is 4.79 Å². The zero-order chi connectivity index (χ0) is 21.5. The lowest BCUT2D eigenvalue weighted by Gasteiger charge is -2.26. The zero-order valence-corrected chi connectivity index (χ0v) is 17.3. The third kappa shape index (κ3) is 5.88. The summed E-state index contributed by atoms with van der Waals surface area (Å²) in [6.07, 6.45) is 4.98. The molecule has 31 heavy (non-hydrogen) atoms. The van der Waals surface area contributed by atoms with Gasteiger partial charge in [-0.15, -0.1) is 5.10 Å². The number of nitrogens with zero attached hydrogens (tertiary/aromatic N) is 3. The van der Waals surface area contributed by atoms with Crippen molar-refractivity contribution >= 4 is 17.6 Å². The maximum absolute atomic E-state index is 13.0. The number of aromatic nitrogens is 2. The number of nitrogens with one attached hydrogen (secondary N) is 2. The first kappa shape index (κ1) is 21.0. The molecule has 162 valence electrons. The summed E-state index contributed by atoms with van der Waals surface area (Å²) in [7, 11) is 0. The third-order valence-corrected chi connectivity index (χ3v) is 5.30. The topological polar surface area (TPSA) is 83.3 Å². The highest BCUT2D eigenvalue weighted by Gasteiger charge is 2.11. The molecule has 2 N–H and O–H groups in total. The summed E-state index contributed by atoms with van der Waals surface area (Å²) >= 11 is 0. The molecule has 0 radical (unpaired) electrons. The van der Waals surface area contributed by atoms with Gasteiger partial charge in [-0.2, -0.15) is 0 Å². The van der Waals surface area contributed by atoms with Crippen molar-refractivity contribution in [2.45, 2.75) is 25.7 Å². The van der Waals surface area contributed by atoms with Gasteiger partial charge in [0.25, 0.3) is 5.91 Å². The molecule has 1 aromatic heterocycles. The minimum absolute atomic E-state index is 0.304. The van der Waals surface area contributed by atoms with E-state index in [4.69, 9.17) is 4.42 Å². The summed E-state index contributed by atoms with van der Waals surface area (Å²) in [5.41, 5.74) is 1.76. The van der Waals surface area contributed by atoms with Crippen LogP contribution < -0.4 is 10.6 Å². The number of amides is 1. The van der Waals surface area contributed by atoms with Gasteiger partial charge < -0.3 is 20.0 Å². The van der Waals surface area contributed by atoms with E-state index in [9.17, 15) is 9.18 Å². The number of hydrogen-bond donors (Lipinski definition) is 2. The molecule has 1 fully saturated rings. The number of benzene rings is 2. The Morgan fingerprint density at radius 2 is 1.74 bits per heavy atom. The summed E-state index contributed by atoms with van der Waals surface area (Å²) in [6.45, 7) is 4.27. The fourth-order valence-corrected chi connectivity index (χ4v) is 3.59. The van der Waals surface area contributed by atoms with Crippen molar-refractivity contribution in [2.24, 2.45) is 0 Å². The smallest absolute Gasteiger partial charge is 0.315 e. The first-order chi connectivity index (χ1) is 15.2. The van der Waals surface area contributed by atoms with Crippen molar-refractivity contribution in [3.63, 3.8) is 0 Å². The standard InChI is InChI=1S/C23H26FN5O2/c24-19-9-5-17(6-10-19)21(30)26-20-11-7-18(8-12-20)22-27-28-23(31-22)25-13-4-16-29-14-2-1-3-15-29/h5-12H,1-4,13-16H2,(H,25,28)(H,26,30). The van der Waals surface area contributed by atoms with Gasteiger partial charge in [0.1, 0.15) is 5.82 Å². The second-order valence-electron chi connectivity index (χ2n) is 7.63. The lowest BCUT2D eigenvalue weighted by Crippen LogP contribution is -2.31. The Balaban J connectivity index is 1.26. The van der Waals surface area contributed by atoms with Crippen LogP contribution >= 0.6 is 0 Å². The van der Waals surface area contributed by atoms with Crippen LogP contribution in [0.15, 0.2) is 52.9 Å². The molecule has 3 aromatic rings. The molecule has 2 aromatic carbocycles. The summed E-state index contributed by atoms with van der Waals surface area (Å²) in [5.74, 6) is -0.271. The van der Waals surface area contributed by atoms with Gasteiger partial charge in [0.15, 0.2) is 0 Å². The monoisotopic (exact) mass is 423 g/mol. The number of likely N-dealkylation sites (tertiary alicyclic amines) is 1. The predicted molar refractivity (Wildman–Crippen MR) is 117 cm³/mol. The van der Waals surface area contributed by atoms with Crippen LogP contribution in [0.5, 0.6) is 0 Å². The van der Waals surface area contributed by atoms with Crippen molar-refractivity contribution in [1.29, 1.82) is 0 Å². The van der Waals surface area contributed by atoms with Gasteiger partial charge in [0.05, 0.1) is 0 Å². The molecule has 0 bridgehead atoms. The Morgan fingerprint density at radius 1 is 1.00 bits per heavy atom. The van der Waals surface area contributed by atoms with E-state index in [-0.39, 0.29) is 11.7 Å². The lowest BCUT2D eigenvalue weighted by molar-refractivity contribution is 0.102. The largest absolute Gasteiger partial charge is 0.403 e. The molecule has 0 spiro atoms. The Kier molecular flexibility index (Phi) is 6.89. The quantitative estimate of drug-likeness (QED) is 0.522. The van der Waals surface area contributed by atoms with Crippen LogP contribution in [0.25, 0.3) is 11.5 Å². The zero-order valence-electron chi connectivity index (χ0n) is 17.3. The number of carbonyl (C=O) groups excluding carboxylic acids is 1. The van der Waals surface area contributed by atoms with E-state index in [0.29, 0.717) is 23.2 Å². The van der Waals surface area contributed by atoms with Crippen LogP contribution in [0.1, 0.15) is 36.0 Å². The molecule has 4 rings (SSSR count). The molecule has 2 heterocycles. The Bertz CT molecular complexity index is 982. The molecule has 8 heteroatoms. The summed E-state index contributed by atoms with van der Waals surface area (Å²) in [5, 5.41) is 14.1. The summed E-state index contributed by atoms with van der Waals surface area (Å²) in [6, 6.07) is 12.9. The number of rotatable bonds is 8. The molecule has 0 unspecified atom stereocenters. The molecule has 1 saturated heterocycles.